The second kappa shape index (κ2) is 11.9. The maximum atomic E-state index is 11.9. The summed E-state index contributed by atoms with van der Waals surface area (Å²) in [5, 5.41) is 2.72. The Kier molecular flexibility index (Phi) is 9.24. The van der Waals surface area contributed by atoms with E-state index in [4.69, 9.17) is 9.47 Å². The number of carbonyl (C=O) groups excluding carboxylic acids is 2. The van der Waals surface area contributed by atoms with E-state index in [1.54, 1.807) is 19.3 Å². The summed E-state index contributed by atoms with van der Waals surface area (Å²) in [7, 11) is 2.91. The van der Waals surface area contributed by atoms with Crippen molar-refractivity contribution < 1.29 is 23.8 Å². The van der Waals surface area contributed by atoms with Crippen molar-refractivity contribution in [2.75, 3.05) is 20.8 Å². The lowest BCUT2D eigenvalue weighted by molar-refractivity contribution is -0.140. The molecule has 0 atom stereocenters. The molecule has 154 valence electrons. The minimum atomic E-state index is -0.290. The number of nitrogens with one attached hydrogen (secondary N) is 1. The first-order chi connectivity index (χ1) is 14.0. The van der Waals surface area contributed by atoms with Gasteiger partial charge < -0.3 is 19.5 Å². The van der Waals surface area contributed by atoms with Crippen molar-refractivity contribution in [2.24, 2.45) is 0 Å². The Morgan fingerprint density at radius 2 is 1.90 bits per heavy atom. The highest BCUT2D eigenvalue weighted by molar-refractivity contribution is 9.10. The maximum absolute atomic E-state index is 11.9. The van der Waals surface area contributed by atoms with Crippen molar-refractivity contribution in [3.8, 4) is 11.5 Å². The molecule has 0 bridgehead atoms. The van der Waals surface area contributed by atoms with Gasteiger partial charge in [-0.05, 0) is 51.7 Å². The van der Waals surface area contributed by atoms with Gasteiger partial charge in [-0.25, -0.2) is 0 Å². The fraction of sp³-hybridized carbons (Fsp3) is 0.273. The number of halogens is 1. The lowest BCUT2D eigenvalue weighted by atomic mass is 10.2. The Morgan fingerprint density at radius 1 is 1.14 bits per heavy atom. The molecule has 1 N–H and O–H groups in total. The Morgan fingerprint density at radius 3 is 2.59 bits per heavy atom. The van der Waals surface area contributed by atoms with Crippen LogP contribution in [0.1, 0.15) is 24.0 Å². The molecule has 29 heavy (non-hydrogen) atoms. The van der Waals surface area contributed by atoms with Gasteiger partial charge in [0, 0.05) is 19.0 Å². The zero-order valence-corrected chi connectivity index (χ0v) is 18.0. The molecule has 0 aliphatic carbocycles. The van der Waals surface area contributed by atoms with Gasteiger partial charge in [-0.2, -0.15) is 0 Å². The van der Waals surface area contributed by atoms with Gasteiger partial charge in [0.2, 0.25) is 5.91 Å². The molecule has 0 fully saturated rings. The van der Waals surface area contributed by atoms with E-state index < -0.39 is 0 Å². The van der Waals surface area contributed by atoms with Gasteiger partial charge in [0.1, 0.15) is 6.61 Å². The molecular formula is C22H24BrNO5. The van der Waals surface area contributed by atoms with Crippen LogP contribution in [0.2, 0.25) is 0 Å². The average molecular weight is 462 g/mol. The summed E-state index contributed by atoms with van der Waals surface area (Å²) in [6.07, 6.45) is 3.92. The first-order valence-electron chi connectivity index (χ1n) is 9.10. The SMILES string of the molecule is COC(=O)CCCNC(=O)/C=C/c1cc(Br)c(OCc2ccccc2)c(OC)c1. The van der Waals surface area contributed by atoms with Gasteiger partial charge in [0.25, 0.3) is 0 Å². The van der Waals surface area contributed by atoms with E-state index in [-0.39, 0.29) is 18.3 Å². The smallest absolute Gasteiger partial charge is 0.305 e. The average Bonchev–Trinajstić information content (AvgIpc) is 2.74. The molecule has 7 heteroatoms. The molecule has 0 unspecified atom stereocenters. The standard InChI is InChI=1S/C22H24BrNO5/c1-27-19-14-17(10-11-20(25)24-12-6-9-21(26)28-2)13-18(23)22(19)29-15-16-7-4-3-5-8-16/h3-5,7-8,10-11,13-14H,6,9,12,15H2,1-2H3,(H,24,25)/b11-10+. The van der Waals surface area contributed by atoms with Crippen LogP contribution in [-0.2, 0) is 20.9 Å². The van der Waals surface area contributed by atoms with Gasteiger partial charge >= 0.3 is 5.97 Å². The number of hydrogen-bond acceptors (Lipinski definition) is 5. The van der Waals surface area contributed by atoms with E-state index in [1.165, 1.54) is 13.2 Å². The van der Waals surface area contributed by atoms with E-state index in [2.05, 4.69) is 26.0 Å². The predicted molar refractivity (Wildman–Crippen MR) is 115 cm³/mol. The van der Waals surface area contributed by atoms with Crippen molar-refractivity contribution in [1.29, 1.82) is 0 Å². The Balaban J connectivity index is 1.95. The third-order valence-corrected chi connectivity index (χ3v) is 4.58. The number of methoxy groups -OCH3 is 2. The van der Waals surface area contributed by atoms with E-state index >= 15 is 0 Å². The van der Waals surface area contributed by atoms with Crippen molar-refractivity contribution in [3.05, 3.63) is 64.1 Å². The van der Waals surface area contributed by atoms with Crippen LogP contribution in [0.5, 0.6) is 11.5 Å². The van der Waals surface area contributed by atoms with Crippen LogP contribution in [0, 0.1) is 0 Å². The Bertz CT molecular complexity index is 852. The fourth-order valence-electron chi connectivity index (χ4n) is 2.48. The zero-order valence-electron chi connectivity index (χ0n) is 16.4. The highest BCUT2D eigenvalue weighted by atomic mass is 79.9. The van der Waals surface area contributed by atoms with E-state index in [0.29, 0.717) is 31.1 Å². The summed E-state index contributed by atoms with van der Waals surface area (Å²) < 4.78 is 16.6. The summed E-state index contributed by atoms with van der Waals surface area (Å²) in [5.74, 6) is 0.630. The molecule has 0 saturated heterocycles. The van der Waals surface area contributed by atoms with Crippen LogP contribution in [0.4, 0.5) is 0 Å². The van der Waals surface area contributed by atoms with Gasteiger partial charge in [0.15, 0.2) is 11.5 Å². The van der Waals surface area contributed by atoms with Crippen LogP contribution in [-0.4, -0.2) is 32.6 Å². The number of hydrogen-bond donors (Lipinski definition) is 1. The van der Waals surface area contributed by atoms with Crippen LogP contribution in [0.25, 0.3) is 6.08 Å². The van der Waals surface area contributed by atoms with Gasteiger partial charge in [-0.3, -0.25) is 9.59 Å². The number of carbonyl (C=O) groups is 2. The van der Waals surface area contributed by atoms with E-state index in [9.17, 15) is 9.59 Å². The van der Waals surface area contributed by atoms with Crippen LogP contribution in [0.3, 0.4) is 0 Å². The fourth-order valence-corrected chi connectivity index (χ4v) is 3.06. The van der Waals surface area contributed by atoms with Gasteiger partial charge in [0.05, 0.1) is 18.7 Å². The van der Waals surface area contributed by atoms with Crippen molar-refractivity contribution in [3.63, 3.8) is 0 Å². The molecule has 2 aromatic rings. The second-order valence-electron chi connectivity index (χ2n) is 6.11. The quantitative estimate of drug-likeness (QED) is 0.327. The number of rotatable bonds is 10. The second-order valence-corrected chi connectivity index (χ2v) is 6.97. The van der Waals surface area contributed by atoms with Crippen LogP contribution < -0.4 is 14.8 Å². The molecule has 0 aromatic heterocycles. The van der Waals surface area contributed by atoms with Crippen LogP contribution >= 0.6 is 15.9 Å². The topological polar surface area (TPSA) is 73.9 Å². The number of amides is 1. The summed E-state index contributed by atoms with van der Waals surface area (Å²) in [5.41, 5.74) is 1.83. The molecular weight excluding hydrogens is 438 g/mol. The zero-order chi connectivity index (χ0) is 21.1. The lowest BCUT2D eigenvalue weighted by Gasteiger charge is -2.13. The van der Waals surface area contributed by atoms with E-state index in [0.717, 1.165) is 15.6 Å². The molecule has 0 heterocycles. The predicted octanol–water partition coefficient (Wildman–Crippen LogP) is 4.12. The first-order valence-corrected chi connectivity index (χ1v) is 9.89. The third kappa shape index (κ3) is 7.62. The summed E-state index contributed by atoms with van der Waals surface area (Å²) in [6, 6.07) is 13.5. The molecule has 2 aromatic carbocycles. The minimum Gasteiger partial charge on any atom is -0.493 e. The van der Waals surface area contributed by atoms with Crippen molar-refractivity contribution in [2.45, 2.75) is 19.4 Å². The van der Waals surface area contributed by atoms with Crippen LogP contribution in [0.15, 0.2) is 53.0 Å². The first kappa shape index (κ1) is 22.5. The Hall–Kier alpha value is -2.80. The van der Waals surface area contributed by atoms with E-state index in [1.807, 2.05) is 36.4 Å². The molecule has 1 amide bonds. The molecule has 0 radical (unpaired) electrons. The lowest BCUT2D eigenvalue weighted by Crippen LogP contribution is -2.22. The summed E-state index contributed by atoms with van der Waals surface area (Å²) in [4.78, 5) is 23.0. The third-order valence-electron chi connectivity index (χ3n) is 3.99. The molecule has 0 spiro atoms. The monoisotopic (exact) mass is 461 g/mol. The van der Waals surface area contributed by atoms with Crippen molar-refractivity contribution in [1.82, 2.24) is 5.32 Å². The molecule has 2 rings (SSSR count). The van der Waals surface area contributed by atoms with Gasteiger partial charge in [-0.15, -0.1) is 0 Å². The Labute approximate surface area is 179 Å². The molecule has 0 aliphatic rings. The normalized spacial score (nSPS) is 10.6. The largest absolute Gasteiger partial charge is 0.493 e. The van der Waals surface area contributed by atoms with Gasteiger partial charge in [-0.1, -0.05) is 30.3 Å². The number of ether oxygens (including phenoxy) is 3. The van der Waals surface area contributed by atoms with Crippen molar-refractivity contribution >= 4 is 33.9 Å². The summed E-state index contributed by atoms with van der Waals surface area (Å²) in [6.45, 7) is 0.816. The number of benzene rings is 2. The molecule has 6 nitrogen and oxygen atoms in total. The molecule has 0 saturated carbocycles. The minimum absolute atomic E-state index is 0.241. The summed E-state index contributed by atoms with van der Waals surface area (Å²) >= 11 is 3.51. The highest BCUT2D eigenvalue weighted by Crippen LogP contribution is 2.37. The number of esters is 1. The maximum Gasteiger partial charge on any atom is 0.305 e. The molecule has 0 aliphatic heterocycles. The highest BCUT2D eigenvalue weighted by Gasteiger charge is 2.11.